The van der Waals surface area contributed by atoms with Gasteiger partial charge < -0.3 is 5.32 Å². The highest BCUT2D eigenvalue weighted by molar-refractivity contribution is 7.91. The fourth-order valence-electron chi connectivity index (χ4n) is 2.95. The second kappa shape index (κ2) is 7.04. The largest absolute Gasteiger partial charge is 0.348 e. The van der Waals surface area contributed by atoms with Crippen molar-refractivity contribution in [3.63, 3.8) is 0 Å². The zero-order valence-corrected chi connectivity index (χ0v) is 15.0. The minimum Gasteiger partial charge on any atom is -0.348 e. The quantitative estimate of drug-likeness (QED) is 0.887. The van der Waals surface area contributed by atoms with Gasteiger partial charge in [0.15, 0.2) is 0 Å². The molecule has 1 aliphatic heterocycles. The zero-order valence-electron chi connectivity index (χ0n) is 13.4. The van der Waals surface area contributed by atoms with E-state index in [1.54, 1.807) is 17.5 Å². The Balaban J connectivity index is 1.75. The summed E-state index contributed by atoms with van der Waals surface area (Å²) in [6, 6.07) is 12.1. The van der Waals surface area contributed by atoms with Gasteiger partial charge in [0.2, 0.25) is 5.91 Å². The van der Waals surface area contributed by atoms with Crippen LogP contribution in [0.15, 0.2) is 52.1 Å². The predicted octanol–water partition coefficient (Wildman–Crippen LogP) is 2.78. The molecule has 1 aliphatic rings. The van der Waals surface area contributed by atoms with Crippen LogP contribution >= 0.6 is 11.3 Å². The van der Waals surface area contributed by atoms with E-state index < -0.39 is 16.1 Å². The average molecular weight is 364 g/mol. The van der Waals surface area contributed by atoms with Gasteiger partial charge in [-0.2, -0.15) is 4.31 Å². The molecule has 0 saturated carbocycles. The summed E-state index contributed by atoms with van der Waals surface area (Å²) in [4.78, 5) is 12.6. The van der Waals surface area contributed by atoms with Crippen LogP contribution in [0.1, 0.15) is 31.4 Å². The molecule has 2 heterocycles. The van der Waals surface area contributed by atoms with Gasteiger partial charge in [0.05, 0.1) is 6.04 Å². The predicted molar refractivity (Wildman–Crippen MR) is 94.2 cm³/mol. The molecule has 2 unspecified atom stereocenters. The summed E-state index contributed by atoms with van der Waals surface area (Å²) in [5.74, 6) is -0.232. The highest BCUT2D eigenvalue weighted by Crippen LogP contribution is 2.29. The lowest BCUT2D eigenvalue weighted by Crippen LogP contribution is -2.46. The summed E-state index contributed by atoms with van der Waals surface area (Å²) in [6.45, 7) is 2.29. The molecule has 3 rings (SSSR count). The Kier molecular flexibility index (Phi) is 5.03. The number of nitrogens with zero attached hydrogens (tertiary/aromatic N) is 1. The molecule has 7 heteroatoms. The topological polar surface area (TPSA) is 66.5 Å². The molecule has 128 valence electrons. The minimum atomic E-state index is -3.60. The van der Waals surface area contributed by atoms with Crippen molar-refractivity contribution in [2.45, 2.75) is 36.1 Å². The van der Waals surface area contributed by atoms with E-state index >= 15 is 0 Å². The van der Waals surface area contributed by atoms with Crippen LogP contribution in [0.3, 0.4) is 0 Å². The Morgan fingerprint density at radius 3 is 2.67 bits per heavy atom. The molecule has 24 heavy (non-hydrogen) atoms. The highest BCUT2D eigenvalue weighted by atomic mass is 32.2. The molecule has 1 N–H and O–H groups in total. The Morgan fingerprint density at radius 2 is 2.00 bits per heavy atom. The summed E-state index contributed by atoms with van der Waals surface area (Å²) in [5, 5.41) is 4.68. The van der Waals surface area contributed by atoms with Crippen molar-refractivity contribution in [2.24, 2.45) is 0 Å². The van der Waals surface area contributed by atoms with Crippen LogP contribution in [0, 0.1) is 0 Å². The van der Waals surface area contributed by atoms with Gasteiger partial charge in [-0.05, 0) is 36.8 Å². The van der Waals surface area contributed by atoms with Crippen molar-refractivity contribution in [1.29, 1.82) is 0 Å². The third kappa shape index (κ3) is 3.38. The molecule has 0 aliphatic carbocycles. The van der Waals surface area contributed by atoms with Gasteiger partial charge in [0.25, 0.3) is 10.0 Å². The summed E-state index contributed by atoms with van der Waals surface area (Å²) >= 11 is 1.18. The summed E-state index contributed by atoms with van der Waals surface area (Å²) in [6.07, 6.45) is 1.25. The van der Waals surface area contributed by atoms with Crippen LogP contribution in [0.4, 0.5) is 0 Å². The number of benzene rings is 1. The van der Waals surface area contributed by atoms with Gasteiger partial charge in [-0.3, -0.25) is 4.79 Å². The number of thiophene rings is 1. The molecule has 1 aromatic carbocycles. The van der Waals surface area contributed by atoms with Crippen LogP contribution < -0.4 is 5.32 Å². The first-order chi connectivity index (χ1) is 11.5. The molecular weight excluding hydrogens is 344 g/mol. The number of hydrogen-bond acceptors (Lipinski definition) is 4. The van der Waals surface area contributed by atoms with Gasteiger partial charge >= 0.3 is 0 Å². The van der Waals surface area contributed by atoms with E-state index in [2.05, 4.69) is 5.32 Å². The fraction of sp³-hybridized carbons (Fsp3) is 0.353. The number of amides is 1. The van der Waals surface area contributed by atoms with Crippen LogP contribution in [0.25, 0.3) is 0 Å². The van der Waals surface area contributed by atoms with E-state index in [-0.39, 0.29) is 11.9 Å². The number of hydrogen-bond donors (Lipinski definition) is 1. The summed E-state index contributed by atoms with van der Waals surface area (Å²) < 4.78 is 27.1. The number of rotatable bonds is 5. The van der Waals surface area contributed by atoms with Gasteiger partial charge in [0, 0.05) is 6.54 Å². The standard InChI is InChI=1S/C17H20N2O3S2/c1-13(14-7-3-2-4-8-14)18-17(20)15-9-5-11-19(15)24(21,22)16-10-6-12-23-16/h2-4,6-8,10,12-13,15H,5,9,11H2,1H3,(H,18,20). The highest BCUT2D eigenvalue weighted by Gasteiger charge is 2.40. The first-order valence-electron chi connectivity index (χ1n) is 7.91. The van der Waals surface area contributed by atoms with Crippen molar-refractivity contribution >= 4 is 27.3 Å². The van der Waals surface area contributed by atoms with Crippen molar-refractivity contribution in [3.8, 4) is 0 Å². The van der Waals surface area contributed by atoms with Crippen molar-refractivity contribution in [3.05, 3.63) is 53.4 Å². The van der Waals surface area contributed by atoms with E-state index in [0.717, 1.165) is 5.56 Å². The van der Waals surface area contributed by atoms with Crippen molar-refractivity contribution in [1.82, 2.24) is 9.62 Å². The van der Waals surface area contributed by atoms with E-state index in [1.807, 2.05) is 37.3 Å². The summed E-state index contributed by atoms with van der Waals surface area (Å²) in [7, 11) is -3.60. The lowest BCUT2D eigenvalue weighted by molar-refractivity contribution is -0.124. The lowest BCUT2D eigenvalue weighted by Gasteiger charge is -2.24. The first-order valence-corrected chi connectivity index (χ1v) is 10.2. The molecule has 0 spiro atoms. The lowest BCUT2D eigenvalue weighted by atomic mass is 10.1. The molecule has 2 atom stereocenters. The van der Waals surface area contributed by atoms with Gasteiger partial charge in [-0.25, -0.2) is 8.42 Å². The fourth-order valence-corrected chi connectivity index (χ4v) is 5.73. The normalized spacial score (nSPS) is 20.0. The third-order valence-corrected chi connectivity index (χ3v) is 7.50. The Morgan fingerprint density at radius 1 is 1.25 bits per heavy atom. The third-order valence-electron chi connectivity index (χ3n) is 4.22. The Bertz CT molecular complexity index is 789. The first kappa shape index (κ1) is 17.1. The molecule has 1 fully saturated rings. The van der Waals surface area contributed by atoms with Crippen LogP contribution in [0.2, 0.25) is 0 Å². The maximum atomic E-state index is 12.7. The molecule has 1 aromatic heterocycles. The SMILES string of the molecule is CC(NC(=O)C1CCCN1S(=O)(=O)c1cccs1)c1ccccc1. The van der Waals surface area contributed by atoms with Crippen LogP contribution in [0.5, 0.6) is 0 Å². The van der Waals surface area contributed by atoms with E-state index in [1.165, 1.54) is 15.6 Å². The Hall–Kier alpha value is -1.70. The van der Waals surface area contributed by atoms with Gasteiger partial charge in [0.1, 0.15) is 10.3 Å². The number of sulfonamides is 1. The smallest absolute Gasteiger partial charge is 0.253 e. The number of carbonyl (C=O) groups is 1. The molecule has 5 nitrogen and oxygen atoms in total. The Labute approximate surface area is 146 Å². The van der Waals surface area contributed by atoms with E-state index in [0.29, 0.717) is 23.6 Å². The molecule has 2 aromatic rings. The molecule has 0 radical (unpaired) electrons. The van der Waals surface area contributed by atoms with E-state index in [4.69, 9.17) is 0 Å². The molecule has 1 amide bonds. The van der Waals surface area contributed by atoms with Gasteiger partial charge in [-0.15, -0.1) is 11.3 Å². The van der Waals surface area contributed by atoms with Crippen molar-refractivity contribution < 1.29 is 13.2 Å². The molecular formula is C17H20N2O3S2. The minimum absolute atomic E-state index is 0.161. The molecule has 1 saturated heterocycles. The second-order valence-corrected chi connectivity index (χ2v) is 8.91. The maximum Gasteiger partial charge on any atom is 0.253 e. The number of carbonyl (C=O) groups excluding carboxylic acids is 1. The van der Waals surface area contributed by atoms with Crippen molar-refractivity contribution in [2.75, 3.05) is 6.54 Å². The van der Waals surface area contributed by atoms with Gasteiger partial charge in [-0.1, -0.05) is 36.4 Å². The maximum absolute atomic E-state index is 12.7. The monoisotopic (exact) mass is 364 g/mol. The zero-order chi connectivity index (χ0) is 17.2. The average Bonchev–Trinajstić information content (AvgIpc) is 3.27. The summed E-state index contributed by atoms with van der Waals surface area (Å²) in [5.41, 5.74) is 0.997. The van der Waals surface area contributed by atoms with E-state index in [9.17, 15) is 13.2 Å². The molecule has 0 bridgehead atoms. The van der Waals surface area contributed by atoms with Crippen LogP contribution in [-0.4, -0.2) is 31.2 Å². The number of nitrogens with one attached hydrogen (secondary N) is 1. The van der Waals surface area contributed by atoms with Crippen LogP contribution in [-0.2, 0) is 14.8 Å². The second-order valence-electron chi connectivity index (χ2n) is 5.85.